The third kappa shape index (κ3) is 4.48. The van der Waals surface area contributed by atoms with E-state index in [2.05, 4.69) is 10.6 Å². The number of amides is 2. The van der Waals surface area contributed by atoms with Crippen LogP contribution in [0.2, 0.25) is 0 Å². The van der Waals surface area contributed by atoms with E-state index in [9.17, 15) is 9.59 Å². The molecule has 0 radical (unpaired) electrons. The summed E-state index contributed by atoms with van der Waals surface area (Å²) in [5.41, 5.74) is 1.04. The van der Waals surface area contributed by atoms with Crippen molar-refractivity contribution in [1.82, 2.24) is 10.6 Å². The predicted molar refractivity (Wildman–Crippen MR) is 80.0 cm³/mol. The maximum Gasteiger partial charge on any atom is 0.239 e. The molecular formula is C16H22N2O3. The molecule has 1 aliphatic heterocycles. The van der Waals surface area contributed by atoms with Gasteiger partial charge in [-0.3, -0.25) is 9.59 Å². The average Bonchev–Trinajstić information content (AvgIpc) is 2.66. The fourth-order valence-electron chi connectivity index (χ4n) is 2.40. The molecule has 0 spiro atoms. The van der Waals surface area contributed by atoms with Gasteiger partial charge in [0.1, 0.15) is 5.75 Å². The summed E-state index contributed by atoms with van der Waals surface area (Å²) in [5.74, 6) is 0.448. The number of fused-ring (bicyclic) bond motifs is 1. The van der Waals surface area contributed by atoms with Crippen molar-refractivity contribution in [3.05, 3.63) is 29.8 Å². The van der Waals surface area contributed by atoms with E-state index in [1.165, 1.54) is 0 Å². The van der Waals surface area contributed by atoms with Crippen molar-refractivity contribution < 1.29 is 14.3 Å². The molecule has 0 saturated carbocycles. The molecule has 0 aliphatic carbocycles. The van der Waals surface area contributed by atoms with Crippen LogP contribution in [0.25, 0.3) is 0 Å². The summed E-state index contributed by atoms with van der Waals surface area (Å²) in [7, 11) is 0. The molecular weight excluding hydrogens is 268 g/mol. The molecule has 1 heterocycles. The van der Waals surface area contributed by atoms with Crippen LogP contribution in [-0.4, -0.2) is 31.0 Å². The number of carbonyl (C=O) groups excluding carboxylic acids is 2. The molecule has 2 rings (SSSR count). The van der Waals surface area contributed by atoms with Gasteiger partial charge in [0.15, 0.2) is 0 Å². The summed E-state index contributed by atoms with van der Waals surface area (Å²) < 4.78 is 5.65. The molecule has 1 aromatic rings. The standard InChI is InChI=1S/C16H22N2O3/c1-11(2)18-15(19)10-17-16(20)13-7-8-21-14-6-4-3-5-12(14)9-13/h3-6,11,13H,7-10H2,1-2H3,(H,17,20)(H,18,19)/t13-/m0/s1. The minimum Gasteiger partial charge on any atom is -0.493 e. The molecule has 1 aliphatic rings. The summed E-state index contributed by atoms with van der Waals surface area (Å²) in [5, 5.41) is 5.46. The Bertz CT molecular complexity index is 514. The molecule has 2 amide bonds. The van der Waals surface area contributed by atoms with Crippen LogP contribution in [-0.2, 0) is 16.0 Å². The molecule has 114 valence electrons. The second kappa shape index (κ2) is 7.11. The SMILES string of the molecule is CC(C)NC(=O)CNC(=O)[C@H]1CCOc2ccccc2C1. The van der Waals surface area contributed by atoms with E-state index in [1.54, 1.807) is 0 Å². The van der Waals surface area contributed by atoms with E-state index in [-0.39, 0.29) is 30.3 Å². The van der Waals surface area contributed by atoms with E-state index >= 15 is 0 Å². The maximum atomic E-state index is 12.2. The molecule has 5 heteroatoms. The van der Waals surface area contributed by atoms with Crippen LogP contribution in [0.1, 0.15) is 25.8 Å². The monoisotopic (exact) mass is 290 g/mol. The Morgan fingerprint density at radius 1 is 1.33 bits per heavy atom. The molecule has 1 aromatic carbocycles. The van der Waals surface area contributed by atoms with Crippen LogP contribution in [0.3, 0.4) is 0 Å². The van der Waals surface area contributed by atoms with Gasteiger partial charge in [-0.1, -0.05) is 18.2 Å². The van der Waals surface area contributed by atoms with Crippen molar-refractivity contribution in [2.45, 2.75) is 32.7 Å². The molecule has 2 N–H and O–H groups in total. The molecule has 0 bridgehead atoms. The zero-order valence-corrected chi connectivity index (χ0v) is 12.5. The number of para-hydroxylation sites is 1. The first-order chi connectivity index (χ1) is 10.1. The van der Waals surface area contributed by atoms with Gasteiger partial charge >= 0.3 is 0 Å². The van der Waals surface area contributed by atoms with Crippen LogP contribution < -0.4 is 15.4 Å². The maximum absolute atomic E-state index is 12.2. The largest absolute Gasteiger partial charge is 0.493 e. The number of ether oxygens (including phenoxy) is 1. The molecule has 0 saturated heterocycles. The normalized spacial score (nSPS) is 17.4. The van der Waals surface area contributed by atoms with E-state index in [0.717, 1.165) is 11.3 Å². The first-order valence-electron chi connectivity index (χ1n) is 7.34. The molecule has 5 nitrogen and oxygen atoms in total. The van der Waals surface area contributed by atoms with Crippen LogP contribution in [0, 0.1) is 5.92 Å². The molecule has 1 atom stereocenters. The first kappa shape index (κ1) is 15.4. The van der Waals surface area contributed by atoms with Crippen LogP contribution in [0.5, 0.6) is 5.75 Å². The van der Waals surface area contributed by atoms with E-state index < -0.39 is 0 Å². The number of hydrogen-bond acceptors (Lipinski definition) is 3. The Morgan fingerprint density at radius 2 is 2.10 bits per heavy atom. The smallest absolute Gasteiger partial charge is 0.239 e. The van der Waals surface area contributed by atoms with E-state index in [1.807, 2.05) is 38.1 Å². The van der Waals surface area contributed by atoms with Gasteiger partial charge in [0.25, 0.3) is 0 Å². The zero-order chi connectivity index (χ0) is 15.2. The average molecular weight is 290 g/mol. The van der Waals surface area contributed by atoms with Gasteiger partial charge < -0.3 is 15.4 Å². The van der Waals surface area contributed by atoms with Crippen molar-refractivity contribution in [3.8, 4) is 5.75 Å². The van der Waals surface area contributed by atoms with Gasteiger partial charge in [-0.25, -0.2) is 0 Å². The summed E-state index contributed by atoms with van der Waals surface area (Å²) in [6, 6.07) is 7.85. The summed E-state index contributed by atoms with van der Waals surface area (Å²) in [6.45, 7) is 4.32. The third-order valence-electron chi connectivity index (χ3n) is 3.41. The fraction of sp³-hybridized carbons (Fsp3) is 0.500. The quantitative estimate of drug-likeness (QED) is 0.877. The topological polar surface area (TPSA) is 67.4 Å². The Morgan fingerprint density at radius 3 is 2.86 bits per heavy atom. The van der Waals surface area contributed by atoms with Crippen molar-refractivity contribution in [2.75, 3.05) is 13.2 Å². The fourth-order valence-corrected chi connectivity index (χ4v) is 2.40. The molecule has 0 unspecified atom stereocenters. The molecule has 0 aromatic heterocycles. The van der Waals surface area contributed by atoms with Crippen molar-refractivity contribution >= 4 is 11.8 Å². The lowest BCUT2D eigenvalue weighted by atomic mass is 9.96. The highest BCUT2D eigenvalue weighted by Crippen LogP contribution is 2.26. The Hall–Kier alpha value is -2.04. The minimum atomic E-state index is -0.163. The molecule has 0 fully saturated rings. The van der Waals surface area contributed by atoms with E-state index in [4.69, 9.17) is 4.74 Å². The highest BCUT2D eigenvalue weighted by Gasteiger charge is 2.23. The Kier molecular flexibility index (Phi) is 5.20. The van der Waals surface area contributed by atoms with Crippen LogP contribution in [0.4, 0.5) is 0 Å². The number of carbonyl (C=O) groups is 2. The van der Waals surface area contributed by atoms with Crippen LogP contribution in [0.15, 0.2) is 24.3 Å². The highest BCUT2D eigenvalue weighted by molar-refractivity contribution is 5.86. The summed E-state index contributed by atoms with van der Waals surface area (Å²) >= 11 is 0. The van der Waals surface area contributed by atoms with Gasteiger partial charge in [0, 0.05) is 12.0 Å². The number of hydrogen-bond donors (Lipinski definition) is 2. The Balaban J connectivity index is 1.90. The van der Waals surface area contributed by atoms with Crippen molar-refractivity contribution in [3.63, 3.8) is 0 Å². The lowest BCUT2D eigenvalue weighted by Crippen LogP contribution is -2.42. The summed E-state index contributed by atoms with van der Waals surface area (Å²) in [4.78, 5) is 23.8. The first-order valence-corrected chi connectivity index (χ1v) is 7.34. The number of nitrogens with one attached hydrogen (secondary N) is 2. The molecule has 21 heavy (non-hydrogen) atoms. The van der Waals surface area contributed by atoms with E-state index in [0.29, 0.717) is 19.4 Å². The number of rotatable bonds is 4. The van der Waals surface area contributed by atoms with Crippen molar-refractivity contribution in [1.29, 1.82) is 0 Å². The highest BCUT2D eigenvalue weighted by atomic mass is 16.5. The van der Waals surface area contributed by atoms with Crippen LogP contribution >= 0.6 is 0 Å². The van der Waals surface area contributed by atoms with Crippen molar-refractivity contribution in [2.24, 2.45) is 5.92 Å². The summed E-state index contributed by atoms with van der Waals surface area (Å²) in [6.07, 6.45) is 1.31. The Labute approximate surface area is 125 Å². The predicted octanol–water partition coefficient (Wildman–Crippen LogP) is 1.27. The number of benzene rings is 1. The third-order valence-corrected chi connectivity index (χ3v) is 3.41. The van der Waals surface area contributed by atoms with Gasteiger partial charge in [-0.2, -0.15) is 0 Å². The lowest BCUT2D eigenvalue weighted by molar-refractivity contribution is -0.128. The van der Waals surface area contributed by atoms with Gasteiger partial charge in [-0.05, 0) is 38.3 Å². The van der Waals surface area contributed by atoms with Gasteiger partial charge in [-0.15, -0.1) is 0 Å². The van der Waals surface area contributed by atoms with Gasteiger partial charge in [0.2, 0.25) is 11.8 Å². The lowest BCUT2D eigenvalue weighted by Gasteiger charge is -2.14. The zero-order valence-electron chi connectivity index (χ0n) is 12.5. The second-order valence-corrected chi connectivity index (χ2v) is 5.59. The minimum absolute atomic E-state index is 0.0238. The van der Waals surface area contributed by atoms with Gasteiger partial charge in [0.05, 0.1) is 13.2 Å². The second-order valence-electron chi connectivity index (χ2n) is 5.59.